The van der Waals surface area contributed by atoms with Gasteiger partial charge < -0.3 is 0 Å². The summed E-state index contributed by atoms with van der Waals surface area (Å²) in [6.45, 7) is 1.92. The Labute approximate surface area is 87.2 Å². The minimum Gasteiger partial charge on any atom is -0.207 e. The lowest BCUT2D eigenvalue weighted by atomic mass is 10.3. The molecular formula is C11H10FNS. The molecule has 0 heterocycles. The van der Waals surface area contributed by atoms with E-state index in [1.54, 1.807) is 11.5 Å². The van der Waals surface area contributed by atoms with Crippen molar-refractivity contribution in [2.45, 2.75) is 18.2 Å². The van der Waals surface area contributed by atoms with Crippen molar-refractivity contribution >= 4 is 11.8 Å². The molecule has 72 valence electrons. The highest BCUT2D eigenvalue weighted by molar-refractivity contribution is 8.02. The zero-order valence-corrected chi connectivity index (χ0v) is 8.64. The molecule has 14 heavy (non-hydrogen) atoms. The zero-order chi connectivity index (χ0) is 10.4. The van der Waals surface area contributed by atoms with Crippen LogP contribution >= 0.6 is 11.8 Å². The third kappa shape index (κ3) is 3.23. The van der Waals surface area contributed by atoms with Crippen LogP contribution in [0.25, 0.3) is 0 Å². The third-order valence-electron chi connectivity index (χ3n) is 1.66. The van der Waals surface area contributed by atoms with E-state index in [-0.39, 0.29) is 5.82 Å². The second-order valence-electron chi connectivity index (χ2n) is 2.68. The van der Waals surface area contributed by atoms with Gasteiger partial charge in [0.25, 0.3) is 0 Å². The second kappa shape index (κ2) is 5.46. The fraction of sp³-hybridized carbons (Fsp3) is 0.182. The molecule has 0 N–H and O–H groups in total. The summed E-state index contributed by atoms with van der Waals surface area (Å²) >= 11 is 1.37. The number of benzene rings is 1. The maximum Gasteiger partial charge on any atom is 0.124 e. The fourth-order valence-corrected chi connectivity index (χ4v) is 1.70. The SMILES string of the molecule is CCC(C#N)=CSc1cccc(F)c1. The van der Waals surface area contributed by atoms with Gasteiger partial charge in [-0.3, -0.25) is 0 Å². The predicted molar refractivity (Wildman–Crippen MR) is 56.2 cm³/mol. The Morgan fingerprint density at radius 1 is 1.64 bits per heavy atom. The maximum atomic E-state index is 12.8. The van der Waals surface area contributed by atoms with E-state index >= 15 is 0 Å². The van der Waals surface area contributed by atoms with E-state index in [0.717, 1.165) is 4.90 Å². The van der Waals surface area contributed by atoms with E-state index < -0.39 is 0 Å². The van der Waals surface area contributed by atoms with E-state index in [9.17, 15) is 4.39 Å². The minimum atomic E-state index is -0.251. The van der Waals surface area contributed by atoms with Crippen LogP contribution in [0, 0.1) is 17.1 Å². The number of hydrogen-bond donors (Lipinski definition) is 0. The first-order valence-electron chi connectivity index (χ1n) is 4.27. The van der Waals surface area contributed by atoms with Gasteiger partial charge in [0.1, 0.15) is 5.82 Å². The van der Waals surface area contributed by atoms with Crippen molar-refractivity contribution in [1.82, 2.24) is 0 Å². The van der Waals surface area contributed by atoms with Crippen molar-refractivity contribution in [3.05, 3.63) is 41.1 Å². The molecule has 0 amide bonds. The summed E-state index contributed by atoms with van der Waals surface area (Å²) in [5, 5.41) is 10.4. The first-order chi connectivity index (χ1) is 6.76. The molecule has 1 nitrogen and oxygen atoms in total. The molecule has 0 spiro atoms. The van der Waals surface area contributed by atoms with Gasteiger partial charge in [-0.25, -0.2) is 4.39 Å². The first kappa shape index (κ1) is 10.8. The molecule has 3 heteroatoms. The Morgan fingerprint density at radius 2 is 2.43 bits per heavy atom. The summed E-state index contributed by atoms with van der Waals surface area (Å²) in [7, 11) is 0. The van der Waals surface area contributed by atoms with Gasteiger partial charge in [-0.1, -0.05) is 24.8 Å². The summed E-state index contributed by atoms with van der Waals surface area (Å²) in [4.78, 5) is 0.811. The van der Waals surface area contributed by atoms with E-state index in [1.807, 2.05) is 13.0 Å². The van der Waals surface area contributed by atoms with E-state index in [2.05, 4.69) is 6.07 Å². The molecule has 0 aromatic heterocycles. The molecule has 1 aromatic carbocycles. The van der Waals surface area contributed by atoms with Gasteiger partial charge in [0.15, 0.2) is 0 Å². The summed E-state index contributed by atoms with van der Waals surface area (Å²) in [6, 6.07) is 8.41. The lowest BCUT2D eigenvalue weighted by Gasteiger charge is -1.96. The molecule has 1 aromatic rings. The Balaban J connectivity index is 2.71. The van der Waals surface area contributed by atoms with Gasteiger partial charge in [0.2, 0.25) is 0 Å². The van der Waals surface area contributed by atoms with Crippen LogP contribution in [0.1, 0.15) is 13.3 Å². The molecule has 0 aliphatic carbocycles. The molecule has 1 rings (SSSR count). The van der Waals surface area contributed by atoms with Crippen LogP contribution in [-0.2, 0) is 0 Å². The van der Waals surface area contributed by atoms with E-state index in [0.29, 0.717) is 12.0 Å². The predicted octanol–water partition coefficient (Wildman–Crippen LogP) is 3.74. The molecule has 0 fully saturated rings. The monoisotopic (exact) mass is 207 g/mol. The Bertz CT molecular complexity index is 379. The van der Waals surface area contributed by atoms with Crippen LogP contribution in [-0.4, -0.2) is 0 Å². The highest BCUT2D eigenvalue weighted by atomic mass is 32.2. The lowest BCUT2D eigenvalue weighted by Crippen LogP contribution is -1.75. The average molecular weight is 207 g/mol. The summed E-state index contributed by atoms with van der Waals surface area (Å²) < 4.78 is 12.8. The van der Waals surface area contributed by atoms with Crippen molar-refractivity contribution in [1.29, 1.82) is 5.26 Å². The molecule has 0 atom stereocenters. The number of rotatable bonds is 3. The third-order valence-corrected chi connectivity index (χ3v) is 2.59. The van der Waals surface area contributed by atoms with Gasteiger partial charge >= 0.3 is 0 Å². The van der Waals surface area contributed by atoms with Gasteiger partial charge in [-0.2, -0.15) is 5.26 Å². The Morgan fingerprint density at radius 3 is 3.00 bits per heavy atom. The standard InChI is InChI=1S/C11H10FNS/c1-2-9(7-13)8-14-11-5-3-4-10(12)6-11/h3-6,8H,2H2,1H3. The number of nitrogens with zero attached hydrogens (tertiary/aromatic N) is 1. The molecule has 0 bridgehead atoms. The summed E-state index contributed by atoms with van der Waals surface area (Å²) in [6.07, 6.45) is 0.707. The number of halogens is 1. The number of thioether (sulfide) groups is 1. The van der Waals surface area contributed by atoms with Crippen LogP contribution < -0.4 is 0 Å². The second-order valence-corrected chi connectivity index (χ2v) is 3.63. The quantitative estimate of drug-likeness (QED) is 0.557. The van der Waals surface area contributed by atoms with Crippen molar-refractivity contribution in [2.24, 2.45) is 0 Å². The Kier molecular flexibility index (Phi) is 4.21. The molecule has 0 saturated carbocycles. The van der Waals surface area contributed by atoms with Crippen molar-refractivity contribution < 1.29 is 4.39 Å². The van der Waals surface area contributed by atoms with E-state index in [1.165, 1.54) is 23.9 Å². The topological polar surface area (TPSA) is 23.8 Å². The highest BCUT2D eigenvalue weighted by Crippen LogP contribution is 2.21. The summed E-state index contributed by atoms with van der Waals surface area (Å²) in [5.74, 6) is -0.251. The molecule has 0 radical (unpaired) electrons. The fourth-order valence-electron chi connectivity index (χ4n) is 0.868. The largest absolute Gasteiger partial charge is 0.207 e. The smallest absolute Gasteiger partial charge is 0.124 e. The highest BCUT2D eigenvalue weighted by Gasteiger charge is 1.95. The maximum absolute atomic E-state index is 12.8. The molecule has 0 saturated heterocycles. The van der Waals surface area contributed by atoms with Gasteiger partial charge in [0.05, 0.1) is 6.07 Å². The van der Waals surface area contributed by atoms with E-state index in [4.69, 9.17) is 5.26 Å². The van der Waals surface area contributed by atoms with Gasteiger partial charge in [-0.05, 0) is 30.0 Å². The van der Waals surface area contributed by atoms with Crippen molar-refractivity contribution in [2.75, 3.05) is 0 Å². The average Bonchev–Trinajstić information content (AvgIpc) is 2.19. The van der Waals surface area contributed by atoms with Crippen LogP contribution in [0.2, 0.25) is 0 Å². The number of allylic oxidation sites excluding steroid dienone is 1. The number of hydrogen-bond acceptors (Lipinski definition) is 2. The van der Waals surface area contributed by atoms with Crippen molar-refractivity contribution in [3.63, 3.8) is 0 Å². The lowest BCUT2D eigenvalue weighted by molar-refractivity contribution is 0.624. The van der Waals surface area contributed by atoms with Crippen LogP contribution in [0.4, 0.5) is 4.39 Å². The minimum absolute atomic E-state index is 0.251. The van der Waals surface area contributed by atoms with Crippen LogP contribution in [0.3, 0.4) is 0 Å². The molecule has 0 unspecified atom stereocenters. The first-order valence-corrected chi connectivity index (χ1v) is 5.15. The molecular weight excluding hydrogens is 197 g/mol. The Hall–Kier alpha value is -1.27. The van der Waals surface area contributed by atoms with Gasteiger partial charge in [0, 0.05) is 10.5 Å². The van der Waals surface area contributed by atoms with Gasteiger partial charge in [-0.15, -0.1) is 0 Å². The van der Waals surface area contributed by atoms with Crippen molar-refractivity contribution in [3.8, 4) is 6.07 Å². The normalized spacial score (nSPS) is 11.1. The number of nitriles is 1. The molecule has 0 aliphatic heterocycles. The summed E-state index contributed by atoms with van der Waals surface area (Å²) in [5.41, 5.74) is 0.708. The van der Waals surface area contributed by atoms with Crippen LogP contribution in [0.15, 0.2) is 40.1 Å². The van der Waals surface area contributed by atoms with Crippen LogP contribution in [0.5, 0.6) is 0 Å². The zero-order valence-electron chi connectivity index (χ0n) is 7.83. The molecule has 0 aliphatic rings.